The summed E-state index contributed by atoms with van der Waals surface area (Å²) in [5.41, 5.74) is 0.332. The van der Waals surface area contributed by atoms with Crippen LogP contribution in [0, 0.1) is 0 Å². The Morgan fingerprint density at radius 2 is 2.00 bits per heavy atom. The van der Waals surface area contributed by atoms with Gasteiger partial charge in [-0.15, -0.1) is 0 Å². The molecular weight excluding hydrogens is 252 g/mol. The topological polar surface area (TPSA) is 82.3 Å². The molecule has 0 spiro atoms. The number of sulfonamides is 1. The first-order valence-corrected chi connectivity index (χ1v) is 7.01. The highest BCUT2D eigenvalue weighted by Gasteiger charge is 2.16. The van der Waals surface area contributed by atoms with Crippen molar-refractivity contribution in [2.24, 2.45) is 5.14 Å². The molecule has 96 valence electrons. The molecule has 0 aliphatic heterocycles. The lowest BCUT2D eigenvalue weighted by molar-refractivity contribution is 0.245. The van der Waals surface area contributed by atoms with E-state index in [4.69, 9.17) is 9.88 Å². The number of ether oxygens (including phenoxy) is 1. The number of aromatic nitrogens is 1. The summed E-state index contributed by atoms with van der Waals surface area (Å²) in [4.78, 5) is 4.08. The Kier molecular flexibility index (Phi) is 3.23. The van der Waals surface area contributed by atoms with Gasteiger partial charge in [-0.2, -0.15) is 0 Å². The van der Waals surface area contributed by atoms with E-state index in [1.54, 1.807) is 18.2 Å². The third-order valence-corrected chi connectivity index (χ3v) is 3.30. The lowest BCUT2D eigenvalue weighted by Crippen LogP contribution is -2.13. The Labute approximate surface area is 106 Å². The van der Waals surface area contributed by atoms with Crippen LogP contribution in [-0.4, -0.2) is 19.5 Å². The monoisotopic (exact) mass is 266 g/mol. The summed E-state index contributed by atoms with van der Waals surface area (Å²) in [5, 5.41) is 5.80. The van der Waals surface area contributed by atoms with Crippen LogP contribution >= 0.6 is 0 Å². The van der Waals surface area contributed by atoms with E-state index < -0.39 is 10.0 Å². The number of nitrogens with zero attached hydrogens (tertiary/aromatic N) is 1. The minimum atomic E-state index is -3.79. The Balaban J connectivity index is 2.74. The number of fused-ring (bicyclic) bond motifs is 1. The average molecular weight is 266 g/mol. The molecule has 0 aliphatic rings. The van der Waals surface area contributed by atoms with E-state index in [1.807, 2.05) is 13.8 Å². The first kappa shape index (κ1) is 12.8. The van der Waals surface area contributed by atoms with Crippen molar-refractivity contribution in [3.8, 4) is 5.75 Å². The molecule has 0 bridgehead atoms. The van der Waals surface area contributed by atoms with E-state index in [9.17, 15) is 8.42 Å². The zero-order valence-corrected chi connectivity index (χ0v) is 10.9. The fraction of sp³-hybridized carbons (Fsp3) is 0.250. The van der Waals surface area contributed by atoms with Gasteiger partial charge in [-0.3, -0.25) is 4.98 Å². The summed E-state index contributed by atoms with van der Waals surface area (Å²) in [6, 6.07) is 6.50. The van der Waals surface area contributed by atoms with Gasteiger partial charge in [0.25, 0.3) is 0 Å². The van der Waals surface area contributed by atoms with Crippen molar-refractivity contribution >= 4 is 20.9 Å². The molecule has 0 saturated carbocycles. The van der Waals surface area contributed by atoms with Crippen LogP contribution in [0.15, 0.2) is 35.4 Å². The smallest absolute Gasteiger partial charge is 0.240 e. The molecule has 0 atom stereocenters. The quantitative estimate of drug-likeness (QED) is 0.916. The van der Waals surface area contributed by atoms with Crippen molar-refractivity contribution in [3.05, 3.63) is 30.5 Å². The first-order valence-electron chi connectivity index (χ1n) is 5.47. The van der Waals surface area contributed by atoms with Gasteiger partial charge in [0.15, 0.2) is 0 Å². The zero-order chi connectivity index (χ0) is 13.3. The molecule has 0 radical (unpaired) electrons. The second-order valence-corrected chi connectivity index (χ2v) is 5.70. The lowest BCUT2D eigenvalue weighted by Gasteiger charge is -2.13. The molecule has 2 aromatic rings. The second kappa shape index (κ2) is 4.55. The van der Waals surface area contributed by atoms with Crippen molar-refractivity contribution in [2.45, 2.75) is 24.8 Å². The number of nitrogens with two attached hydrogens (primary N) is 1. The fourth-order valence-electron chi connectivity index (χ4n) is 1.71. The minimum absolute atomic E-state index is 0.00580. The number of primary sulfonamides is 1. The maximum atomic E-state index is 11.5. The molecule has 1 aromatic heterocycles. The summed E-state index contributed by atoms with van der Waals surface area (Å²) in [6.07, 6.45) is 1.52. The summed E-state index contributed by atoms with van der Waals surface area (Å²) < 4.78 is 28.6. The largest absolute Gasteiger partial charge is 0.490 e. The van der Waals surface area contributed by atoms with E-state index in [2.05, 4.69) is 4.98 Å². The van der Waals surface area contributed by atoms with Crippen LogP contribution in [0.25, 0.3) is 10.9 Å². The second-order valence-electron chi connectivity index (χ2n) is 4.17. The number of benzene rings is 1. The SMILES string of the molecule is CC(C)Oc1ccc(S(N)(=O)=O)c2ncccc12. The fourth-order valence-corrected chi connectivity index (χ4v) is 2.40. The molecule has 2 N–H and O–H groups in total. The van der Waals surface area contributed by atoms with Crippen molar-refractivity contribution in [1.82, 2.24) is 4.98 Å². The molecule has 6 heteroatoms. The molecule has 0 aliphatic carbocycles. The van der Waals surface area contributed by atoms with Gasteiger partial charge in [0.2, 0.25) is 10.0 Å². The number of pyridine rings is 1. The van der Waals surface area contributed by atoms with Gasteiger partial charge in [-0.25, -0.2) is 13.6 Å². The highest BCUT2D eigenvalue weighted by atomic mass is 32.2. The van der Waals surface area contributed by atoms with Crippen molar-refractivity contribution < 1.29 is 13.2 Å². The Morgan fingerprint density at radius 3 is 2.61 bits per heavy atom. The van der Waals surface area contributed by atoms with Gasteiger partial charge in [0.1, 0.15) is 10.6 Å². The van der Waals surface area contributed by atoms with Gasteiger partial charge in [-0.1, -0.05) is 0 Å². The minimum Gasteiger partial charge on any atom is -0.490 e. The van der Waals surface area contributed by atoms with Crippen LogP contribution in [0.2, 0.25) is 0 Å². The first-order chi connectivity index (χ1) is 8.39. The number of hydrogen-bond donors (Lipinski definition) is 1. The lowest BCUT2D eigenvalue weighted by atomic mass is 10.2. The molecule has 0 saturated heterocycles. The molecule has 0 fully saturated rings. The molecule has 5 nitrogen and oxygen atoms in total. The van der Waals surface area contributed by atoms with Crippen LogP contribution in [0.5, 0.6) is 5.75 Å². The third kappa shape index (κ3) is 2.44. The molecular formula is C12H14N2O3S. The van der Waals surface area contributed by atoms with Crippen LogP contribution < -0.4 is 9.88 Å². The highest BCUT2D eigenvalue weighted by Crippen LogP contribution is 2.29. The van der Waals surface area contributed by atoms with E-state index in [0.29, 0.717) is 16.7 Å². The number of hydrogen-bond acceptors (Lipinski definition) is 4. The van der Waals surface area contributed by atoms with E-state index >= 15 is 0 Å². The van der Waals surface area contributed by atoms with Crippen LogP contribution in [-0.2, 0) is 10.0 Å². The maximum Gasteiger partial charge on any atom is 0.240 e. The Bertz CT molecular complexity index is 681. The predicted molar refractivity (Wildman–Crippen MR) is 68.9 cm³/mol. The maximum absolute atomic E-state index is 11.5. The summed E-state index contributed by atoms with van der Waals surface area (Å²) in [6.45, 7) is 3.80. The summed E-state index contributed by atoms with van der Waals surface area (Å²) in [5.74, 6) is 0.598. The van der Waals surface area contributed by atoms with Gasteiger partial charge in [-0.05, 0) is 38.1 Å². The molecule has 18 heavy (non-hydrogen) atoms. The summed E-state index contributed by atoms with van der Waals surface area (Å²) in [7, 11) is -3.79. The van der Waals surface area contributed by atoms with E-state index in [-0.39, 0.29) is 11.0 Å². The molecule has 0 unspecified atom stereocenters. The highest BCUT2D eigenvalue weighted by molar-refractivity contribution is 7.89. The van der Waals surface area contributed by atoms with Gasteiger partial charge in [0.05, 0.1) is 11.6 Å². The Hall–Kier alpha value is -1.66. The van der Waals surface area contributed by atoms with Crippen molar-refractivity contribution in [3.63, 3.8) is 0 Å². The third-order valence-electron chi connectivity index (χ3n) is 2.36. The average Bonchev–Trinajstić information content (AvgIpc) is 2.27. The van der Waals surface area contributed by atoms with Crippen molar-refractivity contribution in [2.75, 3.05) is 0 Å². The molecule has 0 amide bonds. The molecule has 1 heterocycles. The van der Waals surface area contributed by atoms with Crippen molar-refractivity contribution in [1.29, 1.82) is 0 Å². The van der Waals surface area contributed by atoms with Gasteiger partial charge in [0, 0.05) is 11.6 Å². The molecule has 1 aromatic carbocycles. The normalized spacial score (nSPS) is 12.0. The summed E-state index contributed by atoms with van der Waals surface area (Å²) >= 11 is 0. The van der Waals surface area contributed by atoms with Gasteiger partial charge >= 0.3 is 0 Å². The standard InChI is InChI=1S/C12H14N2O3S/c1-8(2)17-10-5-6-11(18(13,15)16)12-9(10)4-3-7-14-12/h3-8H,1-2H3,(H2,13,15,16). The van der Waals surface area contributed by atoms with Gasteiger partial charge < -0.3 is 4.74 Å². The Morgan fingerprint density at radius 1 is 1.28 bits per heavy atom. The number of rotatable bonds is 3. The molecule has 2 rings (SSSR count). The van der Waals surface area contributed by atoms with Crippen LogP contribution in [0.1, 0.15) is 13.8 Å². The van der Waals surface area contributed by atoms with E-state index in [1.165, 1.54) is 12.3 Å². The van der Waals surface area contributed by atoms with Crippen LogP contribution in [0.4, 0.5) is 0 Å². The predicted octanol–water partition coefficient (Wildman–Crippen LogP) is 1.67. The van der Waals surface area contributed by atoms with E-state index in [0.717, 1.165) is 0 Å². The van der Waals surface area contributed by atoms with Crippen LogP contribution in [0.3, 0.4) is 0 Å². The zero-order valence-electron chi connectivity index (χ0n) is 10.1.